The Morgan fingerprint density at radius 1 is 1.54 bits per heavy atom. The molecular weight excluding hydrogens is 166 g/mol. The summed E-state index contributed by atoms with van der Waals surface area (Å²) in [7, 11) is 1.91. The third-order valence-corrected chi connectivity index (χ3v) is 2.87. The van der Waals surface area contributed by atoms with E-state index >= 15 is 0 Å². The highest BCUT2D eigenvalue weighted by molar-refractivity contribution is 5.21. The molecule has 3 atom stereocenters. The first-order chi connectivity index (χ1) is 6.08. The zero-order valence-corrected chi connectivity index (χ0v) is 8.21. The number of ether oxygens (including phenoxy) is 1. The standard InChI is InChI=1S/C10H17NO2/c1-9-3-4-10(13-9,7-11-2)6-8(12)5-9/h3-4,8,11-12H,5-7H2,1-2H3/t8-,9+,10-/m1/s1. The van der Waals surface area contributed by atoms with E-state index in [2.05, 4.69) is 17.5 Å². The Balaban J connectivity index is 2.19. The first-order valence-corrected chi connectivity index (χ1v) is 4.81. The van der Waals surface area contributed by atoms with Crippen molar-refractivity contribution in [2.24, 2.45) is 0 Å². The highest BCUT2D eigenvalue weighted by Crippen LogP contribution is 2.42. The smallest absolute Gasteiger partial charge is 0.102 e. The van der Waals surface area contributed by atoms with Gasteiger partial charge in [-0.3, -0.25) is 0 Å². The van der Waals surface area contributed by atoms with Gasteiger partial charge in [0.2, 0.25) is 0 Å². The monoisotopic (exact) mass is 183 g/mol. The predicted molar refractivity (Wildman–Crippen MR) is 50.5 cm³/mol. The van der Waals surface area contributed by atoms with Gasteiger partial charge >= 0.3 is 0 Å². The molecule has 0 amide bonds. The molecule has 0 aromatic carbocycles. The van der Waals surface area contributed by atoms with E-state index in [9.17, 15) is 5.11 Å². The normalized spacial score (nSPS) is 48.4. The Hall–Kier alpha value is -0.380. The number of nitrogens with one attached hydrogen (secondary N) is 1. The summed E-state index contributed by atoms with van der Waals surface area (Å²) in [6, 6.07) is 0. The molecule has 0 unspecified atom stereocenters. The fraction of sp³-hybridized carbons (Fsp3) is 0.800. The maximum atomic E-state index is 9.70. The number of rotatable bonds is 2. The number of fused-ring (bicyclic) bond motifs is 2. The molecule has 1 saturated heterocycles. The van der Waals surface area contributed by atoms with Gasteiger partial charge in [0.25, 0.3) is 0 Å². The Labute approximate surface area is 78.8 Å². The molecule has 2 aliphatic heterocycles. The second kappa shape index (κ2) is 2.80. The summed E-state index contributed by atoms with van der Waals surface area (Å²) in [6.45, 7) is 2.80. The van der Waals surface area contributed by atoms with Crippen molar-refractivity contribution in [3.05, 3.63) is 12.2 Å². The Morgan fingerprint density at radius 2 is 2.31 bits per heavy atom. The molecule has 3 heteroatoms. The van der Waals surface area contributed by atoms with Crippen LogP contribution in [0.15, 0.2) is 12.2 Å². The number of aliphatic hydroxyl groups is 1. The zero-order valence-electron chi connectivity index (χ0n) is 8.21. The van der Waals surface area contributed by atoms with Crippen molar-refractivity contribution in [1.82, 2.24) is 5.32 Å². The van der Waals surface area contributed by atoms with Crippen LogP contribution in [0.2, 0.25) is 0 Å². The fourth-order valence-corrected chi connectivity index (χ4v) is 2.49. The number of likely N-dealkylation sites (N-methyl/N-ethyl adjacent to an activating group) is 1. The lowest BCUT2D eigenvalue weighted by molar-refractivity contribution is -0.148. The van der Waals surface area contributed by atoms with Gasteiger partial charge in [-0.25, -0.2) is 0 Å². The molecule has 0 aromatic heterocycles. The number of hydrogen-bond donors (Lipinski definition) is 2. The average molecular weight is 183 g/mol. The first-order valence-electron chi connectivity index (χ1n) is 4.81. The third kappa shape index (κ3) is 1.52. The Kier molecular flexibility index (Phi) is 1.98. The summed E-state index contributed by atoms with van der Waals surface area (Å²) in [5.41, 5.74) is -0.504. The molecule has 2 aliphatic rings. The summed E-state index contributed by atoms with van der Waals surface area (Å²) in [6.07, 6.45) is 5.37. The second-order valence-electron chi connectivity index (χ2n) is 4.41. The molecule has 0 spiro atoms. The maximum Gasteiger partial charge on any atom is 0.102 e. The van der Waals surface area contributed by atoms with Crippen LogP contribution in [0.25, 0.3) is 0 Å². The van der Waals surface area contributed by atoms with E-state index in [0.717, 1.165) is 13.0 Å². The molecule has 0 radical (unpaired) electrons. The van der Waals surface area contributed by atoms with Crippen molar-refractivity contribution in [3.8, 4) is 0 Å². The van der Waals surface area contributed by atoms with E-state index in [1.54, 1.807) is 0 Å². The van der Waals surface area contributed by atoms with Crippen LogP contribution in [0.1, 0.15) is 19.8 Å². The first kappa shape index (κ1) is 9.19. The lowest BCUT2D eigenvalue weighted by Crippen LogP contribution is -2.50. The lowest BCUT2D eigenvalue weighted by Gasteiger charge is -2.41. The van der Waals surface area contributed by atoms with Crippen molar-refractivity contribution in [2.45, 2.75) is 37.1 Å². The molecule has 74 valence electrons. The summed E-state index contributed by atoms with van der Waals surface area (Å²) in [5, 5.41) is 12.8. The minimum Gasteiger partial charge on any atom is -0.393 e. The van der Waals surface area contributed by atoms with Gasteiger partial charge in [-0.2, -0.15) is 0 Å². The fourth-order valence-electron chi connectivity index (χ4n) is 2.49. The molecule has 0 aromatic rings. The summed E-state index contributed by atoms with van der Waals surface area (Å²) < 4.78 is 5.95. The predicted octanol–water partition coefficient (Wildman–Crippen LogP) is 0.444. The van der Waals surface area contributed by atoms with Gasteiger partial charge in [-0.15, -0.1) is 0 Å². The minimum atomic E-state index is -0.263. The van der Waals surface area contributed by atoms with Crippen LogP contribution in [0.5, 0.6) is 0 Å². The Bertz CT molecular complexity index is 241. The summed E-state index contributed by atoms with van der Waals surface area (Å²) >= 11 is 0. The molecule has 1 fully saturated rings. The molecule has 2 bridgehead atoms. The summed E-state index contributed by atoms with van der Waals surface area (Å²) in [5.74, 6) is 0. The minimum absolute atomic E-state index is 0.234. The van der Waals surface area contributed by atoms with E-state index in [4.69, 9.17) is 4.74 Å². The van der Waals surface area contributed by atoms with E-state index in [-0.39, 0.29) is 17.3 Å². The third-order valence-electron chi connectivity index (χ3n) is 2.87. The molecule has 3 nitrogen and oxygen atoms in total. The molecular formula is C10H17NO2. The van der Waals surface area contributed by atoms with Crippen LogP contribution in [0.4, 0.5) is 0 Å². The van der Waals surface area contributed by atoms with E-state index < -0.39 is 0 Å². The SMILES string of the molecule is CNC[C@@]12C=C[C@@](C)(C[C@@H](O)C1)O2. The highest BCUT2D eigenvalue weighted by Gasteiger charge is 2.48. The lowest BCUT2D eigenvalue weighted by atomic mass is 9.90. The van der Waals surface area contributed by atoms with Gasteiger partial charge in [0.1, 0.15) is 5.60 Å². The van der Waals surface area contributed by atoms with Gasteiger partial charge in [-0.05, 0) is 14.0 Å². The average Bonchev–Trinajstić information content (AvgIpc) is 2.22. The van der Waals surface area contributed by atoms with Gasteiger partial charge in [0, 0.05) is 19.4 Å². The van der Waals surface area contributed by atoms with Crippen molar-refractivity contribution in [3.63, 3.8) is 0 Å². The van der Waals surface area contributed by atoms with Crippen LogP contribution in [-0.4, -0.2) is 36.0 Å². The largest absolute Gasteiger partial charge is 0.393 e. The maximum absolute atomic E-state index is 9.70. The van der Waals surface area contributed by atoms with Crippen molar-refractivity contribution < 1.29 is 9.84 Å². The van der Waals surface area contributed by atoms with Crippen molar-refractivity contribution in [2.75, 3.05) is 13.6 Å². The van der Waals surface area contributed by atoms with E-state index in [1.807, 2.05) is 14.0 Å². The number of hydrogen-bond acceptors (Lipinski definition) is 3. The molecule has 13 heavy (non-hydrogen) atoms. The van der Waals surface area contributed by atoms with Crippen LogP contribution < -0.4 is 5.32 Å². The second-order valence-corrected chi connectivity index (χ2v) is 4.41. The molecule has 0 aliphatic carbocycles. The van der Waals surface area contributed by atoms with Crippen LogP contribution in [0, 0.1) is 0 Å². The van der Waals surface area contributed by atoms with Crippen LogP contribution in [-0.2, 0) is 4.74 Å². The van der Waals surface area contributed by atoms with Crippen LogP contribution >= 0.6 is 0 Å². The van der Waals surface area contributed by atoms with E-state index in [0.29, 0.717) is 6.42 Å². The zero-order chi connectivity index (χ0) is 9.53. The van der Waals surface area contributed by atoms with Gasteiger partial charge in [-0.1, -0.05) is 12.2 Å². The molecule has 2 N–H and O–H groups in total. The van der Waals surface area contributed by atoms with Gasteiger partial charge < -0.3 is 15.2 Å². The van der Waals surface area contributed by atoms with Gasteiger partial charge in [0.05, 0.1) is 11.7 Å². The quantitative estimate of drug-likeness (QED) is 0.611. The van der Waals surface area contributed by atoms with Gasteiger partial charge in [0.15, 0.2) is 0 Å². The molecule has 2 rings (SSSR count). The molecule has 2 heterocycles. The molecule has 0 saturated carbocycles. The topological polar surface area (TPSA) is 41.5 Å². The Morgan fingerprint density at radius 3 is 3.00 bits per heavy atom. The van der Waals surface area contributed by atoms with Crippen molar-refractivity contribution in [1.29, 1.82) is 0 Å². The van der Waals surface area contributed by atoms with Crippen molar-refractivity contribution >= 4 is 0 Å². The van der Waals surface area contributed by atoms with Crippen LogP contribution in [0.3, 0.4) is 0 Å². The summed E-state index contributed by atoms with van der Waals surface area (Å²) in [4.78, 5) is 0. The van der Waals surface area contributed by atoms with E-state index in [1.165, 1.54) is 0 Å². The highest BCUT2D eigenvalue weighted by atomic mass is 16.5. The number of aliphatic hydroxyl groups excluding tert-OH is 1.